The van der Waals surface area contributed by atoms with Crippen molar-refractivity contribution in [1.82, 2.24) is 0 Å². The number of nitrogens with zero attached hydrogens (tertiary/aromatic N) is 1. The Morgan fingerprint density at radius 3 is 2.45 bits per heavy atom. The van der Waals surface area contributed by atoms with Crippen molar-refractivity contribution < 1.29 is 9.53 Å². The van der Waals surface area contributed by atoms with Gasteiger partial charge in [0.15, 0.2) is 0 Å². The van der Waals surface area contributed by atoms with Crippen molar-refractivity contribution in [3.8, 4) is 11.8 Å². The fourth-order valence-electron chi connectivity index (χ4n) is 2.50. The molecule has 0 aliphatic heterocycles. The van der Waals surface area contributed by atoms with Gasteiger partial charge in [0.05, 0.1) is 10.7 Å². The number of halogens is 2. The summed E-state index contributed by atoms with van der Waals surface area (Å²) in [6.07, 6.45) is 1.49. The maximum Gasteiger partial charge on any atom is 0.266 e. The third kappa shape index (κ3) is 5.86. The molecule has 3 aromatic carbocycles. The number of carbonyl (C=O) groups excluding carboxylic acids is 1. The second-order valence-electron chi connectivity index (χ2n) is 6.09. The van der Waals surface area contributed by atoms with E-state index in [0.29, 0.717) is 33.7 Å². The zero-order valence-electron chi connectivity index (χ0n) is 15.2. The lowest BCUT2D eigenvalue weighted by atomic mass is 10.1. The third-order valence-electron chi connectivity index (χ3n) is 3.98. The van der Waals surface area contributed by atoms with Crippen LogP contribution in [0.2, 0.25) is 10.0 Å². The zero-order chi connectivity index (χ0) is 20.6. The Bertz CT molecular complexity index is 1070. The summed E-state index contributed by atoms with van der Waals surface area (Å²) >= 11 is 12.0. The fourth-order valence-corrected chi connectivity index (χ4v) is 2.84. The van der Waals surface area contributed by atoms with Crippen LogP contribution < -0.4 is 10.1 Å². The first-order valence-corrected chi connectivity index (χ1v) is 9.46. The molecule has 0 bridgehead atoms. The molecule has 1 N–H and O–H groups in total. The highest BCUT2D eigenvalue weighted by atomic mass is 35.5. The van der Waals surface area contributed by atoms with Gasteiger partial charge >= 0.3 is 0 Å². The van der Waals surface area contributed by atoms with Crippen molar-refractivity contribution in [1.29, 1.82) is 5.26 Å². The highest BCUT2D eigenvalue weighted by molar-refractivity contribution is 6.36. The SMILES string of the molecule is N#C/C(=C\c1ccc(OCc2ccccc2)cc1)C(=O)Nc1cc(Cl)ccc1Cl. The molecule has 0 aliphatic rings. The van der Waals surface area contributed by atoms with E-state index in [1.165, 1.54) is 12.1 Å². The minimum Gasteiger partial charge on any atom is -0.489 e. The molecule has 0 heterocycles. The molecule has 0 aromatic heterocycles. The smallest absolute Gasteiger partial charge is 0.266 e. The molecule has 0 saturated heterocycles. The van der Waals surface area contributed by atoms with Gasteiger partial charge in [0.25, 0.3) is 5.91 Å². The number of anilines is 1. The molecular formula is C23H16Cl2N2O2. The Morgan fingerprint density at radius 1 is 1.03 bits per heavy atom. The van der Waals surface area contributed by atoms with Gasteiger partial charge in [-0.1, -0.05) is 65.7 Å². The molecule has 0 atom stereocenters. The first-order chi connectivity index (χ1) is 14.0. The van der Waals surface area contributed by atoms with Crippen molar-refractivity contribution >= 4 is 40.9 Å². The summed E-state index contributed by atoms with van der Waals surface area (Å²) in [5.74, 6) is 0.126. The summed E-state index contributed by atoms with van der Waals surface area (Å²) in [4.78, 5) is 12.4. The molecule has 3 rings (SSSR count). The van der Waals surface area contributed by atoms with Gasteiger partial charge in [-0.3, -0.25) is 4.79 Å². The second-order valence-corrected chi connectivity index (χ2v) is 6.94. The molecule has 3 aromatic rings. The van der Waals surface area contributed by atoms with E-state index in [0.717, 1.165) is 5.56 Å². The van der Waals surface area contributed by atoms with E-state index in [1.54, 1.807) is 36.4 Å². The van der Waals surface area contributed by atoms with E-state index in [2.05, 4.69) is 5.32 Å². The minimum atomic E-state index is -0.568. The lowest BCUT2D eigenvalue weighted by Gasteiger charge is -2.08. The lowest BCUT2D eigenvalue weighted by molar-refractivity contribution is -0.112. The van der Waals surface area contributed by atoms with Gasteiger partial charge in [0, 0.05) is 5.02 Å². The molecule has 0 radical (unpaired) electrons. The lowest BCUT2D eigenvalue weighted by Crippen LogP contribution is -2.13. The molecule has 144 valence electrons. The predicted molar refractivity (Wildman–Crippen MR) is 116 cm³/mol. The van der Waals surface area contributed by atoms with Crippen LogP contribution in [0, 0.1) is 11.3 Å². The van der Waals surface area contributed by atoms with Crippen molar-refractivity contribution in [3.63, 3.8) is 0 Å². The maximum absolute atomic E-state index is 12.4. The van der Waals surface area contributed by atoms with Gasteiger partial charge in [-0.25, -0.2) is 0 Å². The molecule has 29 heavy (non-hydrogen) atoms. The predicted octanol–water partition coefficient (Wildman–Crippen LogP) is 6.12. The van der Waals surface area contributed by atoms with Crippen LogP contribution in [-0.2, 0) is 11.4 Å². The van der Waals surface area contributed by atoms with Crippen molar-refractivity contribution in [2.24, 2.45) is 0 Å². The summed E-state index contributed by atoms with van der Waals surface area (Å²) in [7, 11) is 0. The molecular weight excluding hydrogens is 407 g/mol. The number of hydrogen-bond acceptors (Lipinski definition) is 3. The summed E-state index contributed by atoms with van der Waals surface area (Å²) in [5, 5.41) is 12.7. The topological polar surface area (TPSA) is 62.1 Å². The molecule has 1 amide bonds. The number of ether oxygens (including phenoxy) is 1. The molecule has 0 unspecified atom stereocenters. The van der Waals surface area contributed by atoms with E-state index in [9.17, 15) is 10.1 Å². The highest BCUT2D eigenvalue weighted by Crippen LogP contribution is 2.26. The van der Waals surface area contributed by atoms with E-state index in [1.807, 2.05) is 36.4 Å². The Balaban J connectivity index is 1.67. The van der Waals surface area contributed by atoms with Crippen molar-refractivity contribution in [3.05, 3.63) is 99.5 Å². The highest BCUT2D eigenvalue weighted by Gasteiger charge is 2.12. The van der Waals surface area contributed by atoms with Crippen LogP contribution in [0.3, 0.4) is 0 Å². The van der Waals surface area contributed by atoms with Gasteiger partial charge in [-0.05, 0) is 47.5 Å². The van der Waals surface area contributed by atoms with E-state index in [4.69, 9.17) is 27.9 Å². The standard InChI is InChI=1S/C23H16Cl2N2O2/c24-19-8-11-21(25)22(13-19)27-23(28)18(14-26)12-16-6-9-20(10-7-16)29-15-17-4-2-1-3-5-17/h1-13H,15H2,(H,27,28)/b18-12+. The molecule has 0 saturated carbocycles. The zero-order valence-corrected chi connectivity index (χ0v) is 16.7. The molecule has 4 nitrogen and oxygen atoms in total. The van der Waals surface area contributed by atoms with Crippen LogP contribution in [0.25, 0.3) is 6.08 Å². The number of nitrogens with one attached hydrogen (secondary N) is 1. The van der Waals surface area contributed by atoms with E-state index >= 15 is 0 Å². The fraction of sp³-hybridized carbons (Fsp3) is 0.0435. The molecule has 0 fully saturated rings. The number of rotatable bonds is 6. The summed E-state index contributed by atoms with van der Waals surface area (Å²) in [6, 6.07) is 23.6. The number of hydrogen-bond donors (Lipinski definition) is 1. The quantitative estimate of drug-likeness (QED) is 0.384. The summed E-state index contributed by atoms with van der Waals surface area (Å²) < 4.78 is 5.74. The van der Waals surface area contributed by atoms with Gasteiger partial charge in [-0.2, -0.15) is 5.26 Å². The number of nitriles is 1. The molecule has 0 aliphatic carbocycles. The van der Waals surface area contributed by atoms with Crippen LogP contribution in [-0.4, -0.2) is 5.91 Å². The molecule has 6 heteroatoms. The van der Waals surface area contributed by atoms with E-state index < -0.39 is 5.91 Å². The largest absolute Gasteiger partial charge is 0.489 e. The van der Waals surface area contributed by atoms with Gasteiger partial charge in [-0.15, -0.1) is 0 Å². The second kappa shape index (κ2) is 9.79. The third-order valence-corrected chi connectivity index (χ3v) is 4.55. The maximum atomic E-state index is 12.4. The minimum absolute atomic E-state index is 0.0565. The normalized spacial score (nSPS) is 10.9. The van der Waals surface area contributed by atoms with Gasteiger partial charge in [0.2, 0.25) is 0 Å². The van der Waals surface area contributed by atoms with Crippen LogP contribution >= 0.6 is 23.2 Å². The Morgan fingerprint density at radius 2 is 1.76 bits per heavy atom. The van der Waals surface area contributed by atoms with Crippen LogP contribution in [0.1, 0.15) is 11.1 Å². The Hall–Kier alpha value is -3.26. The summed E-state index contributed by atoms with van der Waals surface area (Å²) in [6.45, 7) is 0.461. The van der Waals surface area contributed by atoms with Crippen molar-refractivity contribution in [2.75, 3.05) is 5.32 Å². The Kier molecular flexibility index (Phi) is 6.91. The first kappa shape index (κ1) is 20.5. The average molecular weight is 423 g/mol. The van der Waals surface area contributed by atoms with Crippen LogP contribution in [0.15, 0.2) is 78.4 Å². The number of carbonyl (C=O) groups is 1. The van der Waals surface area contributed by atoms with Gasteiger partial charge < -0.3 is 10.1 Å². The van der Waals surface area contributed by atoms with Gasteiger partial charge in [0.1, 0.15) is 24.0 Å². The Labute approximate surface area is 179 Å². The molecule has 0 spiro atoms. The number of amides is 1. The van der Waals surface area contributed by atoms with Crippen LogP contribution in [0.5, 0.6) is 5.75 Å². The summed E-state index contributed by atoms with van der Waals surface area (Å²) in [5.41, 5.74) is 2.05. The van der Waals surface area contributed by atoms with Crippen LogP contribution in [0.4, 0.5) is 5.69 Å². The van der Waals surface area contributed by atoms with E-state index in [-0.39, 0.29) is 5.57 Å². The monoisotopic (exact) mass is 422 g/mol. The number of benzene rings is 3. The van der Waals surface area contributed by atoms with Crippen molar-refractivity contribution in [2.45, 2.75) is 6.61 Å². The first-order valence-electron chi connectivity index (χ1n) is 8.70. The average Bonchev–Trinajstić information content (AvgIpc) is 2.74.